The number of aromatic nitrogens is 2. The first-order valence-corrected chi connectivity index (χ1v) is 11.1. The average Bonchev–Trinajstić information content (AvgIpc) is 3.04. The minimum Gasteiger partial charge on any atom is -0.444 e. The maximum absolute atomic E-state index is 12.9. The van der Waals surface area contributed by atoms with E-state index in [2.05, 4.69) is 4.98 Å². The molecule has 2 aromatic heterocycles. The van der Waals surface area contributed by atoms with E-state index in [0.29, 0.717) is 31.6 Å². The molecule has 0 saturated carbocycles. The smallest absolute Gasteiger partial charge is 0.410 e. The summed E-state index contributed by atoms with van der Waals surface area (Å²) >= 11 is 1.47. The highest BCUT2D eigenvalue weighted by atomic mass is 32.1. The largest absolute Gasteiger partial charge is 0.444 e. The lowest BCUT2D eigenvalue weighted by Crippen LogP contribution is -2.60. The van der Waals surface area contributed by atoms with Gasteiger partial charge in [0.2, 0.25) is 0 Å². The number of rotatable bonds is 4. The van der Waals surface area contributed by atoms with Crippen LogP contribution in [0.25, 0.3) is 10.3 Å². The molecule has 2 aromatic rings. The van der Waals surface area contributed by atoms with E-state index in [-0.39, 0.29) is 18.2 Å². The van der Waals surface area contributed by atoms with Crippen LogP contribution >= 0.6 is 11.3 Å². The van der Waals surface area contributed by atoms with E-state index in [1.807, 2.05) is 52.5 Å². The first kappa shape index (κ1) is 18.1. The van der Waals surface area contributed by atoms with E-state index in [4.69, 9.17) is 13.8 Å². The predicted octanol–water partition coefficient (Wildman–Crippen LogP) is 5.17. The number of pyridine rings is 1. The lowest BCUT2D eigenvalue weighted by molar-refractivity contribution is -0.0272. The maximum atomic E-state index is 12.9. The summed E-state index contributed by atoms with van der Waals surface area (Å²) in [5.74, 6) is 0. The van der Waals surface area contributed by atoms with Crippen molar-refractivity contribution in [2.75, 3.05) is 13.1 Å². The quantitative estimate of drug-likeness (QED) is 0.681. The van der Waals surface area contributed by atoms with Gasteiger partial charge in [0.15, 0.2) is 0 Å². The second kappa shape index (κ2) is 8.56. The van der Waals surface area contributed by atoms with Crippen LogP contribution in [0.4, 0.5) is 4.79 Å². The molecule has 7 heteroatoms. The first-order valence-electron chi connectivity index (χ1n) is 11.8. The van der Waals surface area contributed by atoms with Gasteiger partial charge in [0.05, 0.1) is 10.7 Å². The lowest BCUT2D eigenvalue weighted by Gasteiger charge is -2.48. The Kier molecular flexibility index (Phi) is 5.33. The standard InChI is InChI=1S/C22H34N4O2S/c1-8-16-13-26(21(27)28-22(5,6)7)17(9-2)12-25(16)14(3)18-10-11-19-20(24-18)29-15(4)23-19/h10-11,14,16-17H,8-9,12-13H2,1-7H3/t14?,16-,17+/m1/s1/i3D3. The van der Waals surface area contributed by atoms with Crippen molar-refractivity contribution in [3.63, 3.8) is 0 Å². The van der Waals surface area contributed by atoms with Gasteiger partial charge in [-0.05, 0) is 59.5 Å². The van der Waals surface area contributed by atoms with Crippen LogP contribution < -0.4 is 0 Å². The summed E-state index contributed by atoms with van der Waals surface area (Å²) in [6.07, 6.45) is 1.08. The topological polar surface area (TPSA) is 58.6 Å². The average molecular weight is 422 g/mol. The zero-order valence-corrected chi connectivity index (χ0v) is 19.0. The van der Waals surface area contributed by atoms with E-state index < -0.39 is 18.5 Å². The molecule has 29 heavy (non-hydrogen) atoms. The van der Waals surface area contributed by atoms with E-state index >= 15 is 0 Å². The van der Waals surface area contributed by atoms with Crippen molar-refractivity contribution in [1.29, 1.82) is 0 Å². The molecule has 160 valence electrons. The highest BCUT2D eigenvalue weighted by Crippen LogP contribution is 2.31. The zero-order valence-electron chi connectivity index (χ0n) is 21.2. The normalized spacial score (nSPS) is 24.1. The number of carbonyl (C=O) groups excluding carboxylic acids is 1. The molecule has 1 amide bonds. The Hall–Kier alpha value is -1.73. The molecule has 0 aromatic carbocycles. The molecule has 1 aliphatic rings. The third kappa shape index (κ3) is 4.89. The van der Waals surface area contributed by atoms with Gasteiger partial charge in [-0.1, -0.05) is 25.2 Å². The Morgan fingerprint density at radius 1 is 1.28 bits per heavy atom. The van der Waals surface area contributed by atoms with Crippen molar-refractivity contribution in [3.05, 3.63) is 22.8 Å². The maximum Gasteiger partial charge on any atom is 0.410 e. The third-order valence-corrected chi connectivity index (χ3v) is 6.19. The van der Waals surface area contributed by atoms with Crippen molar-refractivity contribution in [1.82, 2.24) is 19.8 Å². The number of hydrogen-bond acceptors (Lipinski definition) is 6. The molecular formula is C22H34N4O2S. The van der Waals surface area contributed by atoms with Crippen LogP contribution in [0.15, 0.2) is 12.1 Å². The molecule has 3 heterocycles. The van der Waals surface area contributed by atoms with Crippen LogP contribution in [-0.2, 0) is 4.74 Å². The molecule has 0 aliphatic carbocycles. The Morgan fingerprint density at radius 2 is 2.00 bits per heavy atom. The van der Waals surface area contributed by atoms with Crippen LogP contribution in [0.2, 0.25) is 0 Å². The minimum absolute atomic E-state index is 0.114. The third-order valence-electron chi connectivity index (χ3n) is 5.31. The van der Waals surface area contributed by atoms with Gasteiger partial charge in [0.1, 0.15) is 15.9 Å². The Balaban J connectivity index is 1.96. The minimum atomic E-state index is -2.26. The summed E-state index contributed by atoms with van der Waals surface area (Å²) in [5, 5.41) is 0.901. The number of fused-ring (bicyclic) bond motifs is 1. The summed E-state index contributed by atoms with van der Waals surface area (Å²) in [5.41, 5.74) is 0.732. The molecule has 1 unspecified atom stereocenters. The number of hydrogen-bond donors (Lipinski definition) is 0. The highest BCUT2D eigenvalue weighted by Gasteiger charge is 2.39. The van der Waals surface area contributed by atoms with Crippen LogP contribution in [0.1, 0.15) is 75.2 Å². The summed E-state index contributed by atoms with van der Waals surface area (Å²) in [6, 6.07) is 2.54. The monoisotopic (exact) mass is 421 g/mol. The fourth-order valence-electron chi connectivity index (χ4n) is 3.81. The molecule has 0 N–H and O–H groups in total. The highest BCUT2D eigenvalue weighted by molar-refractivity contribution is 7.18. The number of piperazine rings is 1. The SMILES string of the molecule is [2H]C([2H])([2H])C(c1ccc2nc(C)sc2n1)N1C[C@H](CC)N(C(=O)OC(C)(C)C)C[C@H]1CC. The number of aryl methyl sites for hydroxylation is 1. The zero-order chi connectivity index (χ0) is 23.8. The molecular weight excluding hydrogens is 384 g/mol. The first-order chi connectivity index (χ1) is 14.8. The van der Waals surface area contributed by atoms with Crippen LogP contribution in [0.5, 0.6) is 0 Å². The molecule has 0 radical (unpaired) electrons. The summed E-state index contributed by atoms with van der Waals surface area (Å²) in [6.45, 7) is 10.1. The van der Waals surface area contributed by atoms with Crippen molar-refractivity contribution < 1.29 is 13.6 Å². The van der Waals surface area contributed by atoms with Gasteiger partial charge in [-0.2, -0.15) is 0 Å². The van der Waals surface area contributed by atoms with E-state index in [1.165, 1.54) is 11.3 Å². The van der Waals surface area contributed by atoms with Crippen LogP contribution in [0, 0.1) is 6.92 Å². The molecule has 3 rings (SSSR count). The molecule has 6 nitrogen and oxygen atoms in total. The molecule has 1 fully saturated rings. The molecule has 1 saturated heterocycles. The fraction of sp³-hybridized carbons (Fsp3) is 0.682. The summed E-state index contributed by atoms with van der Waals surface area (Å²) in [7, 11) is 0. The van der Waals surface area contributed by atoms with Gasteiger partial charge in [-0.3, -0.25) is 4.90 Å². The molecule has 0 bridgehead atoms. The van der Waals surface area contributed by atoms with E-state index in [9.17, 15) is 4.79 Å². The van der Waals surface area contributed by atoms with Gasteiger partial charge in [-0.15, -0.1) is 0 Å². The number of thiazole rings is 1. The number of carbonyl (C=O) groups is 1. The molecule has 3 atom stereocenters. The van der Waals surface area contributed by atoms with Crippen molar-refractivity contribution in [2.45, 2.75) is 85.0 Å². The van der Waals surface area contributed by atoms with Gasteiger partial charge in [0, 0.05) is 35.3 Å². The molecule has 1 aliphatic heterocycles. The van der Waals surface area contributed by atoms with Crippen molar-refractivity contribution in [3.8, 4) is 0 Å². The molecule has 0 spiro atoms. The Bertz CT molecular complexity index is 957. The number of ether oxygens (including phenoxy) is 1. The van der Waals surface area contributed by atoms with Crippen molar-refractivity contribution >= 4 is 27.8 Å². The second-order valence-electron chi connectivity index (χ2n) is 8.65. The predicted molar refractivity (Wildman–Crippen MR) is 118 cm³/mol. The Morgan fingerprint density at radius 3 is 2.62 bits per heavy atom. The van der Waals surface area contributed by atoms with E-state index in [1.54, 1.807) is 11.0 Å². The van der Waals surface area contributed by atoms with Gasteiger partial charge < -0.3 is 9.64 Å². The fourth-order valence-corrected chi connectivity index (χ4v) is 4.60. The van der Waals surface area contributed by atoms with Crippen LogP contribution in [0.3, 0.4) is 0 Å². The van der Waals surface area contributed by atoms with E-state index in [0.717, 1.165) is 15.4 Å². The second-order valence-corrected chi connectivity index (χ2v) is 9.83. The number of nitrogens with zero attached hydrogens (tertiary/aromatic N) is 4. The Labute approximate surface area is 182 Å². The summed E-state index contributed by atoms with van der Waals surface area (Å²) < 4.78 is 30.7. The van der Waals surface area contributed by atoms with Gasteiger partial charge in [-0.25, -0.2) is 14.8 Å². The van der Waals surface area contributed by atoms with Crippen molar-refractivity contribution in [2.24, 2.45) is 0 Å². The van der Waals surface area contributed by atoms with Gasteiger partial charge in [0.25, 0.3) is 0 Å². The summed E-state index contributed by atoms with van der Waals surface area (Å²) in [4.78, 5) is 26.6. The lowest BCUT2D eigenvalue weighted by atomic mass is 9.99. The number of amides is 1. The van der Waals surface area contributed by atoms with Gasteiger partial charge >= 0.3 is 6.09 Å². The van der Waals surface area contributed by atoms with Crippen LogP contribution in [-0.4, -0.2) is 56.6 Å².